The van der Waals surface area contributed by atoms with Crippen molar-refractivity contribution in [3.8, 4) is 0 Å². The molecule has 5 nitrogen and oxygen atoms in total. The van der Waals surface area contributed by atoms with Gasteiger partial charge in [0.2, 0.25) is 0 Å². The zero-order valence-electron chi connectivity index (χ0n) is 16.1. The largest absolute Gasteiger partial charge is 0.347 e. The molecule has 0 radical (unpaired) electrons. The summed E-state index contributed by atoms with van der Waals surface area (Å²) in [7, 11) is -3.54. The Morgan fingerprint density at radius 3 is 2.28 bits per heavy atom. The van der Waals surface area contributed by atoms with Crippen LogP contribution in [-0.4, -0.2) is 38.8 Å². The molecule has 1 spiro atoms. The maximum absolute atomic E-state index is 12.6. The summed E-state index contributed by atoms with van der Waals surface area (Å²) in [6.07, 6.45) is 3.62. The summed E-state index contributed by atoms with van der Waals surface area (Å²) < 4.78 is 43.4. The third-order valence-electron chi connectivity index (χ3n) is 7.62. The van der Waals surface area contributed by atoms with Crippen LogP contribution in [0.25, 0.3) is 0 Å². The molecule has 0 aromatic carbocycles. The lowest BCUT2D eigenvalue weighted by Crippen LogP contribution is -2.49. The zero-order valence-corrected chi connectivity index (χ0v) is 16.9. The Balaban J connectivity index is 1.74. The summed E-state index contributed by atoms with van der Waals surface area (Å²) in [4.78, 5) is 0. The summed E-state index contributed by atoms with van der Waals surface area (Å²) >= 11 is 0. The second kappa shape index (κ2) is 5.43. The fraction of sp³-hybridized carbons (Fsp3) is 1.00. The fourth-order valence-corrected chi connectivity index (χ4v) is 7.29. The first kappa shape index (κ1) is 18.2. The third-order valence-corrected chi connectivity index (χ3v) is 9.26. The van der Waals surface area contributed by atoms with E-state index in [1.54, 1.807) is 13.8 Å². The molecular weight excluding hydrogens is 340 g/mol. The first-order valence-electron chi connectivity index (χ1n) is 9.72. The number of fused-ring (bicyclic) bond motifs is 4. The maximum atomic E-state index is 12.6. The summed E-state index contributed by atoms with van der Waals surface area (Å²) in [5, 5.41) is -0.512. The standard InChI is InChI=1S/C19H32O5S/c1-12(2)25(20,21)24-16-13-10-17(3,4)11-15(13)18(5)14(16)6-7-19(18)22-8-9-23-19/h12-16H,6-11H2,1-5H3/t13-,14+,15+,16-,18+/m0/s1. The lowest BCUT2D eigenvalue weighted by Gasteiger charge is -2.44. The normalized spacial score (nSPS) is 44.6. The van der Waals surface area contributed by atoms with Gasteiger partial charge in [0.05, 0.1) is 24.6 Å². The van der Waals surface area contributed by atoms with Crippen molar-refractivity contribution in [2.45, 2.75) is 77.4 Å². The van der Waals surface area contributed by atoms with Crippen LogP contribution in [-0.2, 0) is 23.8 Å². The Morgan fingerprint density at radius 2 is 1.68 bits per heavy atom. The molecule has 3 saturated carbocycles. The molecule has 4 rings (SSSR count). The van der Waals surface area contributed by atoms with E-state index < -0.39 is 21.2 Å². The molecule has 0 aromatic rings. The van der Waals surface area contributed by atoms with Gasteiger partial charge in [-0.25, -0.2) is 0 Å². The average molecular weight is 373 g/mol. The van der Waals surface area contributed by atoms with E-state index in [9.17, 15) is 8.42 Å². The molecule has 0 unspecified atom stereocenters. The Kier molecular flexibility index (Phi) is 3.95. The molecule has 25 heavy (non-hydrogen) atoms. The van der Waals surface area contributed by atoms with Crippen LogP contribution in [0.5, 0.6) is 0 Å². The zero-order chi connectivity index (χ0) is 18.3. The van der Waals surface area contributed by atoms with E-state index in [0.29, 0.717) is 19.1 Å². The minimum absolute atomic E-state index is 0.168. The third kappa shape index (κ3) is 2.40. The highest BCUT2D eigenvalue weighted by Gasteiger charge is 2.74. The Labute approximate surface area is 151 Å². The highest BCUT2D eigenvalue weighted by molar-refractivity contribution is 7.87. The van der Waals surface area contributed by atoms with Crippen LogP contribution in [0, 0.1) is 28.6 Å². The van der Waals surface area contributed by atoms with Crippen molar-refractivity contribution in [1.29, 1.82) is 0 Å². The topological polar surface area (TPSA) is 61.8 Å². The number of hydrogen-bond donors (Lipinski definition) is 0. The Morgan fingerprint density at radius 1 is 1.04 bits per heavy atom. The van der Waals surface area contributed by atoms with Crippen LogP contribution < -0.4 is 0 Å². The second-order valence-electron chi connectivity index (χ2n) is 9.82. The second-order valence-corrected chi connectivity index (χ2v) is 11.9. The number of ether oxygens (including phenoxy) is 2. The molecule has 1 aliphatic heterocycles. The van der Waals surface area contributed by atoms with Crippen molar-refractivity contribution in [2.24, 2.45) is 28.6 Å². The van der Waals surface area contributed by atoms with Crippen LogP contribution in [0.2, 0.25) is 0 Å². The first-order valence-corrected chi connectivity index (χ1v) is 11.2. The van der Waals surface area contributed by atoms with Crippen LogP contribution >= 0.6 is 0 Å². The van der Waals surface area contributed by atoms with Gasteiger partial charge in [0.1, 0.15) is 0 Å². The van der Waals surface area contributed by atoms with Gasteiger partial charge < -0.3 is 9.47 Å². The van der Waals surface area contributed by atoms with E-state index in [1.807, 2.05) is 0 Å². The highest BCUT2D eigenvalue weighted by Crippen LogP contribution is 2.72. The predicted molar refractivity (Wildman–Crippen MR) is 94.4 cm³/mol. The highest BCUT2D eigenvalue weighted by atomic mass is 32.2. The number of hydrogen-bond acceptors (Lipinski definition) is 5. The van der Waals surface area contributed by atoms with Crippen LogP contribution in [0.3, 0.4) is 0 Å². The van der Waals surface area contributed by atoms with Gasteiger partial charge in [-0.05, 0) is 56.3 Å². The minimum Gasteiger partial charge on any atom is -0.347 e. The molecule has 4 aliphatic rings. The van der Waals surface area contributed by atoms with Gasteiger partial charge in [-0.3, -0.25) is 4.18 Å². The molecule has 3 aliphatic carbocycles. The quantitative estimate of drug-likeness (QED) is 0.711. The SMILES string of the molecule is CC(C)S(=O)(=O)O[C@H]1[C@H]2CC(C)(C)C[C@H]2[C@@]2(C)[C@@H]1CCC21OCCO1. The molecule has 144 valence electrons. The van der Waals surface area contributed by atoms with Gasteiger partial charge in [0.15, 0.2) is 5.79 Å². The summed E-state index contributed by atoms with van der Waals surface area (Å²) in [6.45, 7) is 11.5. The van der Waals surface area contributed by atoms with E-state index in [2.05, 4.69) is 20.8 Å². The van der Waals surface area contributed by atoms with Crippen LogP contribution in [0.4, 0.5) is 0 Å². The van der Waals surface area contributed by atoms with Crippen molar-refractivity contribution in [3.05, 3.63) is 0 Å². The first-order chi connectivity index (χ1) is 11.5. The molecule has 0 N–H and O–H groups in total. The molecule has 6 heteroatoms. The monoisotopic (exact) mass is 372 g/mol. The molecule has 5 atom stereocenters. The lowest BCUT2D eigenvalue weighted by atomic mass is 9.69. The van der Waals surface area contributed by atoms with E-state index in [-0.39, 0.29) is 28.8 Å². The molecule has 0 amide bonds. The van der Waals surface area contributed by atoms with Gasteiger partial charge in [-0.2, -0.15) is 8.42 Å². The molecule has 1 heterocycles. The van der Waals surface area contributed by atoms with Gasteiger partial charge in [-0.1, -0.05) is 20.8 Å². The smallest absolute Gasteiger partial charge is 0.269 e. The van der Waals surface area contributed by atoms with Crippen molar-refractivity contribution in [2.75, 3.05) is 13.2 Å². The van der Waals surface area contributed by atoms with E-state index in [0.717, 1.165) is 25.7 Å². The Bertz CT molecular complexity index is 649. The van der Waals surface area contributed by atoms with Crippen LogP contribution in [0.15, 0.2) is 0 Å². The molecule has 0 bridgehead atoms. The average Bonchev–Trinajstić information content (AvgIpc) is 3.20. The van der Waals surface area contributed by atoms with Gasteiger partial charge in [0.25, 0.3) is 10.1 Å². The molecular formula is C19H32O5S. The van der Waals surface area contributed by atoms with E-state index in [4.69, 9.17) is 13.7 Å². The summed E-state index contributed by atoms with van der Waals surface area (Å²) in [5.74, 6) is 0.301. The fourth-order valence-electron chi connectivity index (χ4n) is 6.49. The molecule has 0 aromatic heterocycles. The lowest BCUT2D eigenvalue weighted by molar-refractivity contribution is -0.235. The summed E-state index contributed by atoms with van der Waals surface area (Å²) in [5.41, 5.74) is 0.0357. The van der Waals surface area contributed by atoms with Gasteiger partial charge in [-0.15, -0.1) is 0 Å². The summed E-state index contributed by atoms with van der Waals surface area (Å²) in [6, 6.07) is 0. The number of rotatable bonds is 3. The molecule has 4 fully saturated rings. The van der Waals surface area contributed by atoms with Crippen molar-refractivity contribution < 1.29 is 22.1 Å². The van der Waals surface area contributed by atoms with Crippen molar-refractivity contribution >= 4 is 10.1 Å². The van der Waals surface area contributed by atoms with E-state index in [1.165, 1.54) is 0 Å². The van der Waals surface area contributed by atoms with E-state index >= 15 is 0 Å². The minimum atomic E-state index is -3.54. The predicted octanol–water partition coefficient (Wildman–Crippen LogP) is 3.34. The van der Waals surface area contributed by atoms with Crippen molar-refractivity contribution in [3.63, 3.8) is 0 Å². The molecule has 1 saturated heterocycles. The van der Waals surface area contributed by atoms with Gasteiger partial charge in [0, 0.05) is 11.8 Å². The Hall–Kier alpha value is -0.170. The van der Waals surface area contributed by atoms with Gasteiger partial charge >= 0.3 is 0 Å². The maximum Gasteiger partial charge on any atom is 0.269 e. The van der Waals surface area contributed by atoms with Crippen molar-refractivity contribution in [1.82, 2.24) is 0 Å². The van der Waals surface area contributed by atoms with Crippen LogP contribution in [0.1, 0.15) is 60.3 Å².